The first-order valence-corrected chi connectivity index (χ1v) is 10.9. The Labute approximate surface area is 176 Å². The summed E-state index contributed by atoms with van der Waals surface area (Å²) in [6.07, 6.45) is 1.93. The van der Waals surface area contributed by atoms with Gasteiger partial charge in [-0.3, -0.25) is 9.69 Å². The van der Waals surface area contributed by atoms with Gasteiger partial charge in [-0.25, -0.2) is 0 Å². The topological polar surface area (TPSA) is 41.6 Å². The molecule has 1 amide bonds. The Balaban J connectivity index is 1.31. The molecule has 29 heavy (non-hydrogen) atoms. The summed E-state index contributed by atoms with van der Waals surface area (Å²) in [6, 6.07) is 20.7. The number of rotatable bonds is 6. The third-order valence-corrected chi connectivity index (χ3v) is 6.33. The second kappa shape index (κ2) is 9.25. The fraction of sp³-hybridized carbons (Fsp3) is 0.292. The van der Waals surface area contributed by atoms with Crippen molar-refractivity contribution in [3.8, 4) is 16.2 Å². The van der Waals surface area contributed by atoms with Crippen LogP contribution in [0.1, 0.15) is 28.8 Å². The highest BCUT2D eigenvalue weighted by Gasteiger charge is 2.22. The van der Waals surface area contributed by atoms with Gasteiger partial charge in [0.1, 0.15) is 5.75 Å². The largest absolute Gasteiger partial charge is 0.496 e. The van der Waals surface area contributed by atoms with Crippen molar-refractivity contribution in [1.82, 2.24) is 10.2 Å². The van der Waals surface area contributed by atoms with Gasteiger partial charge in [0.25, 0.3) is 5.91 Å². The number of ether oxygens (including phenoxy) is 1. The maximum absolute atomic E-state index is 12.6. The van der Waals surface area contributed by atoms with E-state index in [2.05, 4.69) is 52.0 Å². The lowest BCUT2D eigenvalue weighted by molar-refractivity contribution is 0.0906. The van der Waals surface area contributed by atoms with Crippen molar-refractivity contribution < 1.29 is 9.53 Å². The maximum atomic E-state index is 12.6. The second-order valence-electron chi connectivity index (χ2n) is 7.40. The van der Waals surface area contributed by atoms with E-state index in [1.54, 1.807) is 18.4 Å². The van der Waals surface area contributed by atoms with Gasteiger partial charge >= 0.3 is 0 Å². The fourth-order valence-electron chi connectivity index (χ4n) is 3.85. The Kier molecular flexibility index (Phi) is 6.27. The average molecular weight is 407 g/mol. The van der Waals surface area contributed by atoms with Gasteiger partial charge in [0.05, 0.1) is 12.7 Å². The first kappa shape index (κ1) is 19.7. The summed E-state index contributed by atoms with van der Waals surface area (Å²) >= 11 is 1.77. The van der Waals surface area contributed by atoms with Crippen molar-refractivity contribution in [2.45, 2.75) is 25.4 Å². The van der Waals surface area contributed by atoms with Crippen LogP contribution in [0.5, 0.6) is 5.75 Å². The molecule has 4 rings (SSSR count). The molecule has 0 radical (unpaired) electrons. The molecule has 1 aliphatic heterocycles. The van der Waals surface area contributed by atoms with Crippen LogP contribution < -0.4 is 10.1 Å². The third-order valence-electron chi connectivity index (χ3n) is 5.41. The summed E-state index contributed by atoms with van der Waals surface area (Å²) in [4.78, 5) is 16.4. The van der Waals surface area contributed by atoms with Gasteiger partial charge in [0.2, 0.25) is 0 Å². The molecule has 150 valence electrons. The molecule has 1 fully saturated rings. The van der Waals surface area contributed by atoms with Crippen molar-refractivity contribution >= 4 is 17.2 Å². The van der Waals surface area contributed by atoms with Crippen LogP contribution in [0.25, 0.3) is 10.4 Å². The van der Waals surface area contributed by atoms with Crippen LogP contribution in [-0.2, 0) is 6.54 Å². The number of hydrogen-bond acceptors (Lipinski definition) is 4. The Morgan fingerprint density at radius 1 is 1.10 bits per heavy atom. The van der Waals surface area contributed by atoms with Gasteiger partial charge in [-0.1, -0.05) is 36.4 Å². The van der Waals surface area contributed by atoms with E-state index >= 15 is 0 Å². The fourth-order valence-corrected chi connectivity index (χ4v) is 4.58. The second-order valence-corrected chi connectivity index (χ2v) is 8.35. The van der Waals surface area contributed by atoms with Crippen LogP contribution in [0, 0.1) is 0 Å². The number of piperidine rings is 1. The van der Waals surface area contributed by atoms with Crippen molar-refractivity contribution in [2.75, 3.05) is 20.2 Å². The van der Waals surface area contributed by atoms with Gasteiger partial charge in [0.15, 0.2) is 0 Å². The summed E-state index contributed by atoms with van der Waals surface area (Å²) in [5.41, 5.74) is 3.23. The lowest BCUT2D eigenvalue weighted by Crippen LogP contribution is -2.44. The molecule has 0 unspecified atom stereocenters. The molecule has 1 saturated heterocycles. The zero-order valence-corrected chi connectivity index (χ0v) is 17.5. The van der Waals surface area contributed by atoms with Crippen LogP contribution in [0.4, 0.5) is 0 Å². The molecule has 3 aromatic rings. The number of nitrogens with one attached hydrogen (secondary N) is 1. The van der Waals surface area contributed by atoms with Crippen molar-refractivity contribution in [3.63, 3.8) is 0 Å². The number of amides is 1. The van der Waals surface area contributed by atoms with Gasteiger partial charge in [-0.15, -0.1) is 11.3 Å². The van der Waals surface area contributed by atoms with E-state index in [4.69, 9.17) is 4.74 Å². The van der Waals surface area contributed by atoms with E-state index in [9.17, 15) is 4.79 Å². The highest BCUT2D eigenvalue weighted by molar-refractivity contribution is 7.13. The molecule has 2 heterocycles. The number of benzene rings is 2. The van der Waals surface area contributed by atoms with Crippen LogP contribution in [0.3, 0.4) is 0 Å². The molecule has 1 N–H and O–H groups in total. The summed E-state index contributed by atoms with van der Waals surface area (Å²) in [5, 5.41) is 5.29. The number of para-hydroxylation sites is 1. The van der Waals surface area contributed by atoms with E-state index in [1.807, 2.05) is 24.3 Å². The normalized spacial score (nSPS) is 15.2. The average Bonchev–Trinajstić information content (AvgIpc) is 3.30. The molecular formula is C24H26N2O2S. The number of likely N-dealkylation sites (tertiary alicyclic amines) is 1. The standard InChI is InChI=1S/C24H26N2O2S/c1-28-22-9-3-2-8-21(22)24(27)25-20-11-13-26(14-12-20)17-18-6-4-7-19(16-18)23-10-5-15-29-23/h2-10,15-16,20H,11-14,17H2,1H3,(H,25,27). The minimum atomic E-state index is -0.0513. The molecule has 0 spiro atoms. The molecule has 1 aliphatic rings. The molecule has 5 heteroatoms. The first-order chi connectivity index (χ1) is 14.2. The molecular weight excluding hydrogens is 380 g/mol. The van der Waals surface area contributed by atoms with Gasteiger partial charge in [-0.05, 0) is 53.6 Å². The van der Waals surface area contributed by atoms with Crippen molar-refractivity contribution in [1.29, 1.82) is 0 Å². The van der Waals surface area contributed by atoms with Crippen LogP contribution in [0.15, 0.2) is 66.0 Å². The van der Waals surface area contributed by atoms with Gasteiger partial charge < -0.3 is 10.1 Å². The number of thiophene rings is 1. The van der Waals surface area contributed by atoms with Gasteiger partial charge in [-0.2, -0.15) is 0 Å². The zero-order valence-electron chi connectivity index (χ0n) is 16.6. The van der Waals surface area contributed by atoms with Crippen molar-refractivity contribution in [2.24, 2.45) is 0 Å². The third kappa shape index (κ3) is 4.86. The summed E-state index contributed by atoms with van der Waals surface area (Å²) in [6.45, 7) is 2.92. The lowest BCUT2D eigenvalue weighted by atomic mass is 10.0. The molecule has 2 aromatic carbocycles. The molecule has 0 saturated carbocycles. The van der Waals surface area contributed by atoms with Crippen molar-refractivity contribution in [3.05, 3.63) is 77.2 Å². The number of carbonyl (C=O) groups is 1. The number of carbonyl (C=O) groups excluding carboxylic acids is 1. The highest BCUT2D eigenvalue weighted by Crippen LogP contribution is 2.26. The highest BCUT2D eigenvalue weighted by atomic mass is 32.1. The summed E-state index contributed by atoms with van der Waals surface area (Å²) in [5.74, 6) is 0.567. The molecule has 0 aliphatic carbocycles. The number of methoxy groups -OCH3 is 1. The lowest BCUT2D eigenvalue weighted by Gasteiger charge is -2.32. The van der Waals surface area contributed by atoms with Gasteiger partial charge in [0, 0.05) is 30.6 Å². The number of hydrogen-bond donors (Lipinski definition) is 1. The summed E-state index contributed by atoms with van der Waals surface area (Å²) in [7, 11) is 1.60. The Morgan fingerprint density at radius 3 is 2.69 bits per heavy atom. The predicted octanol–water partition coefficient (Wildman–Crippen LogP) is 4.82. The van der Waals surface area contributed by atoms with E-state index in [1.165, 1.54) is 16.0 Å². The molecule has 4 nitrogen and oxygen atoms in total. The van der Waals surface area contributed by atoms with E-state index in [-0.39, 0.29) is 11.9 Å². The van der Waals surface area contributed by atoms with Crippen LogP contribution in [-0.4, -0.2) is 37.0 Å². The van der Waals surface area contributed by atoms with E-state index in [0.717, 1.165) is 32.5 Å². The quantitative estimate of drug-likeness (QED) is 0.638. The Hall–Kier alpha value is -2.63. The first-order valence-electron chi connectivity index (χ1n) is 10.0. The number of nitrogens with zero attached hydrogens (tertiary/aromatic N) is 1. The Bertz CT molecular complexity index is 947. The molecule has 0 bridgehead atoms. The van der Waals surface area contributed by atoms with Crippen LogP contribution in [0.2, 0.25) is 0 Å². The van der Waals surface area contributed by atoms with Crippen LogP contribution >= 0.6 is 11.3 Å². The molecule has 0 atom stereocenters. The summed E-state index contributed by atoms with van der Waals surface area (Å²) < 4.78 is 5.31. The SMILES string of the molecule is COc1ccccc1C(=O)NC1CCN(Cc2cccc(-c3cccs3)c2)CC1. The zero-order chi connectivity index (χ0) is 20.1. The maximum Gasteiger partial charge on any atom is 0.255 e. The molecule has 1 aromatic heterocycles. The minimum absolute atomic E-state index is 0.0513. The minimum Gasteiger partial charge on any atom is -0.496 e. The van der Waals surface area contributed by atoms with E-state index in [0.29, 0.717) is 11.3 Å². The Morgan fingerprint density at radius 2 is 1.93 bits per heavy atom. The predicted molar refractivity (Wildman–Crippen MR) is 119 cm³/mol. The van der Waals surface area contributed by atoms with E-state index < -0.39 is 0 Å². The monoisotopic (exact) mass is 406 g/mol. The smallest absolute Gasteiger partial charge is 0.255 e.